The third-order valence-corrected chi connectivity index (χ3v) is 3.23. The molecular formula is C16H10ClNO3. The number of carbonyl (C=O) groups excluding carboxylic acids is 1. The fourth-order valence-corrected chi connectivity index (χ4v) is 2.15. The lowest BCUT2D eigenvalue weighted by Crippen LogP contribution is -2.05. The van der Waals surface area contributed by atoms with Gasteiger partial charge >= 0.3 is 5.97 Å². The second kappa shape index (κ2) is 5.42. The maximum Gasteiger partial charge on any atom is 0.363 e. The quantitative estimate of drug-likeness (QED) is 0.683. The molecule has 0 saturated carbocycles. The molecule has 0 atom stereocenters. The number of benzene rings is 2. The third-order valence-electron chi connectivity index (χ3n) is 2.90. The summed E-state index contributed by atoms with van der Waals surface area (Å²) in [5, 5.41) is 9.88. The predicted molar refractivity (Wildman–Crippen MR) is 80.2 cm³/mol. The van der Waals surface area contributed by atoms with Crippen LogP contribution in [0.25, 0.3) is 6.08 Å². The van der Waals surface area contributed by atoms with Gasteiger partial charge in [-0.05, 0) is 35.9 Å². The smallest absolute Gasteiger partial charge is 0.363 e. The number of cyclic esters (lactones) is 1. The van der Waals surface area contributed by atoms with E-state index in [0.717, 1.165) is 0 Å². The number of phenolic OH excluding ortho intramolecular Hbond substituents is 1. The topological polar surface area (TPSA) is 58.9 Å². The SMILES string of the molecule is O=C1OC(c2ccccc2Cl)=N/C1=C/c1cccc(O)c1. The summed E-state index contributed by atoms with van der Waals surface area (Å²) in [4.78, 5) is 16.0. The van der Waals surface area contributed by atoms with Gasteiger partial charge in [0.2, 0.25) is 5.90 Å². The van der Waals surface area contributed by atoms with E-state index in [-0.39, 0.29) is 17.3 Å². The highest BCUT2D eigenvalue weighted by Gasteiger charge is 2.25. The average molecular weight is 300 g/mol. The van der Waals surface area contributed by atoms with Crippen LogP contribution >= 0.6 is 11.6 Å². The van der Waals surface area contributed by atoms with Crippen LogP contribution in [0, 0.1) is 0 Å². The van der Waals surface area contributed by atoms with E-state index in [1.807, 2.05) is 0 Å². The lowest BCUT2D eigenvalue weighted by Gasteiger charge is -2.00. The Morgan fingerprint density at radius 3 is 2.71 bits per heavy atom. The highest BCUT2D eigenvalue weighted by atomic mass is 35.5. The fourth-order valence-electron chi connectivity index (χ4n) is 1.93. The Morgan fingerprint density at radius 1 is 1.14 bits per heavy atom. The Morgan fingerprint density at radius 2 is 1.95 bits per heavy atom. The standard InChI is InChI=1S/C16H10ClNO3/c17-13-7-2-1-6-12(13)15-18-14(16(20)21-15)9-10-4-3-5-11(19)8-10/h1-9,19H/b14-9+. The number of ether oxygens (including phenoxy) is 1. The van der Waals surface area contributed by atoms with Crippen LogP contribution < -0.4 is 0 Å². The van der Waals surface area contributed by atoms with E-state index in [2.05, 4.69) is 4.99 Å². The van der Waals surface area contributed by atoms with Crippen molar-refractivity contribution in [2.75, 3.05) is 0 Å². The summed E-state index contributed by atoms with van der Waals surface area (Å²) in [7, 11) is 0. The van der Waals surface area contributed by atoms with Gasteiger partial charge in [0, 0.05) is 0 Å². The zero-order valence-electron chi connectivity index (χ0n) is 10.8. The van der Waals surface area contributed by atoms with E-state index in [1.165, 1.54) is 6.07 Å². The normalized spacial score (nSPS) is 16.0. The number of nitrogens with zero attached hydrogens (tertiary/aromatic N) is 1. The number of aliphatic imine (C=N–C) groups is 1. The van der Waals surface area contributed by atoms with Crippen LogP contribution in [0.2, 0.25) is 5.02 Å². The Labute approximate surface area is 126 Å². The highest BCUT2D eigenvalue weighted by Crippen LogP contribution is 2.24. The zero-order chi connectivity index (χ0) is 14.8. The first-order valence-corrected chi connectivity index (χ1v) is 6.58. The van der Waals surface area contributed by atoms with Crippen molar-refractivity contribution in [3.63, 3.8) is 0 Å². The highest BCUT2D eigenvalue weighted by molar-refractivity contribution is 6.34. The molecular weight excluding hydrogens is 290 g/mol. The number of carbonyl (C=O) groups is 1. The van der Waals surface area contributed by atoms with Crippen LogP contribution in [0.5, 0.6) is 5.75 Å². The fraction of sp³-hybridized carbons (Fsp3) is 0. The molecule has 5 heteroatoms. The molecule has 0 bridgehead atoms. The molecule has 0 fully saturated rings. The van der Waals surface area contributed by atoms with E-state index in [1.54, 1.807) is 48.5 Å². The summed E-state index contributed by atoms with van der Waals surface area (Å²) in [6.45, 7) is 0. The molecule has 104 valence electrons. The molecule has 1 heterocycles. The molecule has 4 nitrogen and oxygen atoms in total. The molecule has 0 unspecified atom stereocenters. The van der Waals surface area contributed by atoms with E-state index >= 15 is 0 Å². The summed E-state index contributed by atoms with van der Waals surface area (Å²) in [6, 6.07) is 13.5. The van der Waals surface area contributed by atoms with Crippen LogP contribution in [0.4, 0.5) is 0 Å². The van der Waals surface area contributed by atoms with Gasteiger partial charge in [0.15, 0.2) is 5.70 Å². The number of aromatic hydroxyl groups is 1. The van der Waals surface area contributed by atoms with Crippen molar-refractivity contribution >= 4 is 29.5 Å². The van der Waals surface area contributed by atoms with Crippen LogP contribution in [-0.2, 0) is 9.53 Å². The Bertz CT molecular complexity index is 781. The van der Waals surface area contributed by atoms with Gasteiger partial charge in [-0.1, -0.05) is 35.9 Å². The van der Waals surface area contributed by atoms with Crippen molar-refractivity contribution in [3.8, 4) is 5.75 Å². The molecule has 21 heavy (non-hydrogen) atoms. The first-order valence-electron chi connectivity index (χ1n) is 6.20. The molecule has 3 rings (SSSR count). The summed E-state index contributed by atoms with van der Waals surface area (Å²) in [6.07, 6.45) is 1.55. The molecule has 2 aromatic carbocycles. The molecule has 1 N–H and O–H groups in total. The van der Waals surface area contributed by atoms with Crippen LogP contribution in [0.3, 0.4) is 0 Å². The molecule has 0 spiro atoms. The third kappa shape index (κ3) is 2.80. The minimum Gasteiger partial charge on any atom is -0.508 e. The van der Waals surface area contributed by atoms with Crippen LogP contribution in [0.15, 0.2) is 59.2 Å². The summed E-state index contributed by atoms with van der Waals surface area (Å²) >= 11 is 6.06. The number of rotatable bonds is 2. The lowest BCUT2D eigenvalue weighted by molar-refractivity contribution is -0.129. The van der Waals surface area contributed by atoms with E-state index < -0.39 is 5.97 Å². The van der Waals surface area contributed by atoms with Crippen molar-refractivity contribution < 1.29 is 14.6 Å². The number of hydrogen-bond donors (Lipinski definition) is 1. The molecule has 0 aliphatic carbocycles. The van der Waals surface area contributed by atoms with Crippen molar-refractivity contribution in [2.45, 2.75) is 0 Å². The van der Waals surface area contributed by atoms with Gasteiger partial charge in [-0.2, -0.15) is 0 Å². The van der Waals surface area contributed by atoms with Gasteiger partial charge in [0.25, 0.3) is 0 Å². The maximum absolute atomic E-state index is 11.8. The van der Waals surface area contributed by atoms with Gasteiger partial charge in [0.1, 0.15) is 5.75 Å². The van der Waals surface area contributed by atoms with Gasteiger partial charge in [-0.3, -0.25) is 0 Å². The minimum atomic E-state index is -0.548. The summed E-state index contributed by atoms with van der Waals surface area (Å²) < 4.78 is 5.14. The minimum absolute atomic E-state index is 0.117. The number of halogens is 1. The number of phenols is 1. The summed E-state index contributed by atoms with van der Waals surface area (Å²) in [5.74, 6) is -0.253. The number of esters is 1. The van der Waals surface area contributed by atoms with Crippen LogP contribution in [0.1, 0.15) is 11.1 Å². The molecule has 0 amide bonds. The Balaban J connectivity index is 1.98. The van der Waals surface area contributed by atoms with Gasteiger partial charge in [-0.15, -0.1) is 0 Å². The maximum atomic E-state index is 11.8. The molecule has 0 saturated heterocycles. The molecule has 1 aliphatic rings. The lowest BCUT2D eigenvalue weighted by atomic mass is 10.2. The molecule has 2 aromatic rings. The molecule has 1 aliphatic heterocycles. The Kier molecular flexibility index (Phi) is 3.46. The van der Waals surface area contributed by atoms with Gasteiger partial charge in [-0.25, -0.2) is 9.79 Å². The number of hydrogen-bond acceptors (Lipinski definition) is 4. The average Bonchev–Trinajstić information content (AvgIpc) is 2.80. The predicted octanol–water partition coefficient (Wildman–Crippen LogP) is 3.39. The zero-order valence-corrected chi connectivity index (χ0v) is 11.5. The molecule has 0 aromatic heterocycles. The van der Waals surface area contributed by atoms with E-state index in [0.29, 0.717) is 16.1 Å². The van der Waals surface area contributed by atoms with Crippen molar-refractivity contribution in [1.82, 2.24) is 0 Å². The Hall–Kier alpha value is -2.59. The van der Waals surface area contributed by atoms with Crippen molar-refractivity contribution in [3.05, 3.63) is 70.4 Å². The van der Waals surface area contributed by atoms with Gasteiger partial charge in [0.05, 0.1) is 10.6 Å². The monoisotopic (exact) mass is 299 g/mol. The largest absolute Gasteiger partial charge is 0.508 e. The molecule has 0 radical (unpaired) electrons. The second-order valence-corrected chi connectivity index (χ2v) is 4.82. The first-order chi connectivity index (χ1) is 10.1. The van der Waals surface area contributed by atoms with Crippen molar-refractivity contribution in [2.24, 2.45) is 4.99 Å². The first kappa shape index (κ1) is 13.4. The second-order valence-electron chi connectivity index (χ2n) is 4.41. The van der Waals surface area contributed by atoms with Crippen molar-refractivity contribution in [1.29, 1.82) is 0 Å². The van der Waals surface area contributed by atoms with Gasteiger partial charge < -0.3 is 9.84 Å². The van der Waals surface area contributed by atoms with Crippen LogP contribution in [-0.4, -0.2) is 17.0 Å². The summed E-state index contributed by atoms with van der Waals surface area (Å²) in [5.41, 5.74) is 1.38. The van der Waals surface area contributed by atoms with E-state index in [9.17, 15) is 9.90 Å². The van der Waals surface area contributed by atoms with E-state index in [4.69, 9.17) is 16.3 Å².